The third-order valence-electron chi connectivity index (χ3n) is 4.38. The van der Waals surface area contributed by atoms with Gasteiger partial charge in [0, 0.05) is 25.0 Å². The lowest BCUT2D eigenvalue weighted by Crippen LogP contribution is -2.45. The van der Waals surface area contributed by atoms with Crippen LogP contribution in [0.15, 0.2) is 47.2 Å². The number of hydrogen-bond donors (Lipinski definition) is 1. The van der Waals surface area contributed by atoms with Gasteiger partial charge in [0.15, 0.2) is 0 Å². The Bertz CT molecular complexity index is 515. The van der Waals surface area contributed by atoms with Crippen LogP contribution < -0.4 is 0 Å². The molecular weight excluding hydrogens is 268 g/mol. The summed E-state index contributed by atoms with van der Waals surface area (Å²) in [6, 6.07) is 12.5. The van der Waals surface area contributed by atoms with Gasteiger partial charge in [0.2, 0.25) is 0 Å². The van der Waals surface area contributed by atoms with Gasteiger partial charge in [-0.25, -0.2) is 0 Å². The van der Waals surface area contributed by atoms with Crippen molar-refractivity contribution < 1.29 is 9.84 Å². The minimum atomic E-state index is -0.358. The highest BCUT2D eigenvalue weighted by Crippen LogP contribution is 2.39. The van der Waals surface area contributed by atoms with Crippen molar-refractivity contribution >= 4 is 11.3 Å². The van der Waals surface area contributed by atoms with Gasteiger partial charge in [-0.2, -0.15) is 11.3 Å². The van der Waals surface area contributed by atoms with E-state index in [-0.39, 0.29) is 11.5 Å². The Labute approximate surface area is 124 Å². The summed E-state index contributed by atoms with van der Waals surface area (Å²) in [6.45, 7) is 1.46. The first-order chi connectivity index (χ1) is 9.81. The molecule has 1 aliphatic heterocycles. The van der Waals surface area contributed by atoms with Crippen LogP contribution in [0.1, 0.15) is 24.0 Å². The lowest BCUT2D eigenvalue weighted by molar-refractivity contribution is -0.0154. The maximum atomic E-state index is 10.9. The lowest BCUT2D eigenvalue weighted by Gasteiger charge is -2.41. The number of aliphatic hydroxyl groups is 1. The summed E-state index contributed by atoms with van der Waals surface area (Å²) in [5.74, 6) is 0. The van der Waals surface area contributed by atoms with Crippen LogP contribution >= 0.6 is 11.3 Å². The zero-order valence-electron chi connectivity index (χ0n) is 11.5. The third-order valence-corrected chi connectivity index (χ3v) is 5.11. The summed E-state index contributed by atoms with van der Waals surface area (Å²) >= 11 is 1.69. The Kier molecular flexibility index (Phi) is 4.20. The molecule has 2 nitrogen and oxygen atoms in total. The summed E-state index contributed by atoms with van der Waals surface area (Å²) in [5, 5.41) is 15.1. The fraction of sp³-hybridized carbons (Fsp3) is 0.412. The maximum absolute atomic E-state index is 10.9. The third kappa shape index (κ3) is 2.66. The van der Waals surface area contributed by atoms with E-state index in [0.717, 1.165) is 32.5 Å². The van der Waals surface area contributed by atoms with Crippen LogP contribution in [-0.4, -0.2) is 24.4 Å². The molecule has 0 bridgehead atoms. The number of rotatable bonds is 4. The Balaban J connectivity index is 1.89. The molecule has 1 saturated heterocycles. The first-order valence-electron chi connectivity index (χ1n) is 7.14. The van der Waals surface area contributed by atoms with Crippen molar-refractivity contribution in [2.45, 2.75) is 30.8 Å². The first-order valence-corrected chi connectivity index (χ1v) is 8.08. The van der Waals surface area contributed by atoms with Crippen molar-refractivity contribution in [3.05, 3.63) is 58.3 Å². The summed E-state index contributed by atoms with van der Waals surface area (Å²) in [6.07, 6.45) is 2.15. The van der Waals surface area contributed by atoms with Gasteiger partial charge in [-0.15, -0.1) is 0 Å². The zero-order valence-corrected chi connectivity index (χ0v) is 12.3. The molecule has 20 heavy (non-hydrogen) atoms. The second-order valence-corrected chi connectivity index (χ2v) is 6.27. The molecule has 0 spiro atoms. The number of hydrogen-bond acceptors (Lipinski definition) is 3. The van der Waals surface area contributed by atoms with Crippen LogP contribution in [0.2, 0.25) is 0 Å². The summed E-state index contributed by atoms with van der Waals surface area (Å²) in [5.41, 5.74) is 2.30. The molecule has 106 valence electrons. The predicted octanol–water partition coefficient (Wildman–Crippen LogP) is 3.40. The molecule has 1 fully saturated rings. The number of thiophene rings is 1. The van der Waals surface area contributed by atoms with Gasteiger partial charge in [0.1, 0.15) is 0 Å². The molecule has 1 N–H and O–H groups in total. The van der Waals surface area contributed by atoms with Gasteiger partial charge in [-0.05, 0) is 40.8 Å². The van der Waals surface area contributed by atoms with Gasteiger partial charge >= 0.3 is 0 Å². The van der Waals surface area contributed by atoms with E-state index in [1.165, 1.54) is 11.1 Å². The van der Waals surface area contributed by atoms with Crippen molar-refractivity contribution in [1.29, 1.82) is 0 Å². The van der Waals surface area contributed by atoms with E-state index >= 15 is 0 Å². The molecule has 0 radical (unpaired) electrons. The first kappa shape index (κ1) is 13.8. The quantitative estimate of drug-likeness (QED) is 0.934. The van der Waals surface area contributed by atoms with Crippen LogP contribution in [0.4, 0.5) is 0 Å². The summed E-state index contributed by atoms with van der Waals surface area (Å²) < 4.78 is 5.52. The molecule has 3 rings (SSSR count). The van der Waals surface area contributed by atoms with E-state index in [1.54, 1.807) is 11.3 Å². The molecule has 1 atom stereocenters. The number of aliphatic hydroxyl groups excluding tert-OH is 1. The van der Waals surface area contributed by atoms with Crippen LogP contribution in [0.3, 0.4) is 0 Å². The van der Waals surface area contributed by atoms with Crippen molar-refractivity contribution in [2.75, 3.05) is 13.2 Å². The zero-order chi connectivity index (χ0) is 13.8. The molecule has 2 aromatic rings. The highest BCUT2D eigenvalue weighted by atomic mass is 32.1. The summed E-state index contributed by atoms with van der Waals surface area (Å²) in [7, 11) is 0. The highest BCUT2D eigenvalue weighted by molar-refractivity contribution is 7.07. The van der Waals surface area contributed by atoms with Gasteiger partial charge in [0.05, 0.1) is 6.10 Å². The second kappa shape index (κ2) is 6.08. The molecule has 0 aliphatic carbocycles. The smallest absolute Gasteiger partial charge is 0.0679 e. The largest absolute Gasteiger partial charge is 0.392 e. The topological polar surface area (TPSA) is 29.5 Å². The van der Waals surface area contributed by atoms with Crippen molar-refractivity contribution in [3.63, 3.8) is 0 Å². The van der Waals surface area contributed by atoms with Crippen molar-refractivity contribution in [2.24, 2.45) is 0 Å². The average molecular weight is 288 g/mol. The molecular formula is C17H20O2S. The van der Waals surface area contributed by atoms with Crippen LogP contribution in [0.25, 0.3) is 0 Å². The molecule has 0 saturated carbocycles. The number of benzene rings is 1. The number of ether oxygens (including phenoxy) is 1. The van der Waals surface area contributed by atoms with E-state index in [4.69, 9.17) is 4.74 Å². The fourth-order valence-corrected chi connectivity index (χ4v) is 3.83. The second-order valence-electron chi connectivity index (χ2n) is 5.49. The highest BCUT2D eigenvalue weighted by Gasteiger charge is 2.40. The monoisotopic (exact) mass is 288 g/mol. The van der Waals surface area contributed by atoms with Gasteiger partial charge < -0.3 is 9.84 Å². The Morgan fingerprint density at radius 3 is 2.55 bits per heavy atom. The van der Waals surface area contributed by atoms with Crippen molar-refractivity contribution in [3.8, 4) is 0 Å². The van der Waals surface area contributed by atoms with Crippen LogP contribution in [-0.2, 0) is 16.6 Å². The van der Waals surface area contributed by atoms with E-state index in [0.29, 0.717) is 0 Å². The molecule has 3 heteroatoms. The van der Waals surface area contributed by atoms with E-state index in [2.05, 4.69) is 41.1 Å². The molecule has 0 amide bonds. The Morgan fingerprint density at radius 1 is 1.15 bits per heavy atom. The molecule has 1 aromatic carbocycles. The maximum Gasteiger partial charge on any atom is 0.0679 e. The molecule has 1 unspecified atom stereocenters. The standard InChI is InChI=1S/C17H20O2S/c18-16(12-14-6-11-20-13-14)17(7-9-19-10-8-17)15-4-2-1-3-5-15/h1-6,11,13,16,18H,7-10,12H2. The Morgan fingerprint density at radius 2 is 1.90 bits per heavy atom. The van der Waals surface area contributed by atoms with E-state index in [1.807, 2.05) is 6.07 Å². The van der Waals surface area contributed by atoms with E-state index < -0.39 is 0 Å². The van der Waals surface area contributed by atoms with E-state index in [9.17, 15) is 5.11 Å². The Hall–Kier alpha value is -1.16. The molecule has 2 heterocycles. The van der Waals surface area contributed by atoms with Crippen molar-refractivity contribution in [1.82, 2.24) is 0 Å². The van der Waals surface area contributed by atoms with Gasteiger partial charge in [0.25, 0.3) is 0 Å². The minimum absolute atomic E-state index is 0.165. The average Bonchev–Trinajstić information content (AvgIpc) is 3.02. The SMILES string of the molecule is OC(Cc1ccsc1)C1(c2ccccc2)CCOCC1. The van der Waals surface area contributed by atoms with Crippen LogP contribution in [0.5, 0.6) is 0 Å². The molecule has 1 aliphatic rings. The van der Waals surface area contributed by atoms with Gasteiger partial charge in [-0.1, -0.05) is 30.3 Å². The predicted molar refractivity (Wildman–Crippen MR) is 82.2 cm³/mol. The fourth-order valence-electron chi connectivity index (χ4n) is 3.15. The minimum Gasteiger partial charge on any atom is -0.392 e. The normalized spacial score (nSPS) is 19.6. The summed E-state index contributed by atoms with van der Waals surface area (Å²) in [4.78, 5) is 0. The molecule has 1 aromatic heterocycles. The van der Waals surface area contributed by atoms with Crippen LogP contribution in [0, 0.1) is 0 Å². The van der Waals surface area contributed by atoms with Gasteiger partial charge in [-0.3, -0.25) is 0 Å². The lowest BCUT2D eigenvalue weighted by atomic mass is 9.68.